The van der Waals surface area contributed by atoms with Gasteiger partial charge in [0.25, 0.3) is 5.91 Å². The van der Waals surface area contributed by atoms with Crippen LogP contribution in [-0.4, -0.2) is 73.4 Å². The highest BCUT2D eigenvalue weighted by Gasteiger charge is 2.67. The van der Waals surface area contributed by atoms with Gasteiger partial charge in [0, 0.05) is 17.6 Å². The van der Waals surface area contributed by atoms with Gasteiger partial charge in [-0.2, -0.15) is 0 Å². The number of anilines is 2. The number of fused-ring (bicyclic) bond motifs is 5. The van der Waals surface area contributed by atoms with E-state index in [1.807, 2.05) is 29.2 Å². The van der Waals surface area contributed by atoms with Crippen LogP contribution in [-0.2, 0) is 14.9 Å². The molecule has 5 heterocycles. The van der Waals surface area contributed by atoms with Crippen molar-refractivity contribution in [2.45, 2.75) is 68.2 Å². The number of aromatic nitrogens is 1. The molecule has 2 amide bonds. The number of benzene rings is 1. The fourth-order valence-corrected chi connectivity index (χ4v) is 8.60. The maximum Gasteiger partial charge on any atom is 0.273 e. The zero-order valence-electron chi connectivity index (χ0n) is 24.0. The maximum atomic E-state index is 13.4. The molecule has 0 radical (unpaired) electrons. The van der Waals surface area contributed by atoms with Crippen LogP contribution in [0.15, 0.2) is 30.3 Å². The molecule has 2 saturated carbocycles. The summed E-state index contributed by atoms with van der Waals surface area (Å²) < 4.78 is 16.8. The van der Waals surface area contributed by atoms with E-state index in [4.69, 9.17) is 14.2 Å². The molecule has 6 aliphatic rings. The molecule has 2 aromatic rings. The lowest BCUT2D eigenvalue weighted by molar-refractivity contribution is -0.118. The average Bonchev–Trinajstić information content (AvgIpc) is 3.47. The minimum Gasteiger partial charge on any atom is -0.497 e. The molecule has 1 aromatic heterocycles. The van der Waals surface area contributed by atoms with Crippen LogP contribution in [0.3, 0.4) is 0 Å². The Hall–Kier alpha value is -3.41. The Balaban J connectivity index is 0.937. The summed E-state index contributed by atoms with van der Waals surface area (Å²) in [6.07, 6.45) is 5.98. The van der Waals surface area contributed by atoms with E-state index < -0.39 is 5.41 Å². The molecule has 6 unspecified atom stereocenters. The van der Waals surface area contributed by atoms with Crippen LogP contribution in [0.1, 0.15) is 54.6 Å². The van der Waals surface area contributed by atoms with Crippen molar-refractivity contribution in [3.05, 3.63) is 41.6 Å². The van der Waals surface area contributed by atoms with E-state index in [9.17, 15) is 9.59 Å². The van der Waals surface area contributed by atoms with Crippen LogP contribution in [0.25, 0.3) is 0 Å². The van der Waals surface area contributed by atoms with Gasteiger partial charge >= 0.3 is 0 Å². The van der Waals surface area contributed by atoms with Crippen molar-refractivity contribution in [2.75, 3.05) is 38.1 Å². The second kappa shape index (κ2) is 9.82. The number of hydrazine groups is 1. The summed E-state index contributed by atoms with van der Waals surface area (Å²) in [5.74, 6) is 2.49. The highest BCUT2D eigenvalue weighted by Crippen LogP contribution is 2.65. The van der Waals surface area contributed by atoms with Gasteiger partial charge in [0.1, 0.15) is 11.4 Å². The SMILES string of the molecule is COc1ccc2c(c1)[C@]1(C[C@H]1C1CCC3C(C1)NNC3Nc1ccc(C(=O)N3C4CCC3COC4)nc1OC)C(=O)N2. The van der Waals surface area contributed by atoms with Crippen LogP contribution in [0.4, 0.5) is 11.4 Å². The maximum absolute atomic E-state index is 13.4. The predicted octanol–water partition coefficient (Wildman–Crippen LogP) is 2.64. The number of nitrogens with one attached hydrogen (secondary N) is 4. The molecule has 222 valence electrons. The monoisotopic (exact) mass is 574 g/mol. The van der Waals surface area contributed by atoms with Gasteiger partial charge < -0.3 is 29.7 Å². The van der Waals surface area contributed by atoms with Crippen LogP contribution in [0.2, 0.25) is 0 Å². The fraction of sp³-hybridized carbons (Fsp3) is 0.581. The molecule has 1 aromatic carbocycles. The van der Waals surface area contributed by atoms with Gasteiger partial charge in [-0.1, -0.05) is 0 Å². The molecule has 5 fully saturated rings. The Kier molecular flexibility index (Phi) is 6.13. The van der Waals surface area contributed by atoms with Gasteiger partial charge in [0.05, 0.1) is 56.8 Å². The highest BCUT2D eigenvalue weighted by atomic mass is 16.5. The lowest BCUT2D eigenvalue weighted by atomic mass is 9.74. The molecule has 4 aliphatic heterocycles. The number of hydrogen-bond donors (Lipinski definition) is 4. The Morgan fingerprint density at radius 1 is 1.07 bits per heavy atom. The number of carbonyl (C=O) groups excluding carboxylic acids is 2. The van der Waals surface area contributed by atoms with Crippen LogP contribution in [0, 0.1) is 17.8 Å². The summed E-state index contributed by atoms with van der Waals surface area (Å²) in [5, 5.41) is 6.71. The summed E-state index contributed by atoms with van der Waals surface area (Å²) in [7, 11) is 3.26. The predicted molar refractivity (Wildman–Crippen MR) is 154 cm³/mol. The Morgan fingerprint density at radius 2 is 1.90 bits per heavy atom. The first-order valence-corrected chi connectivity index (χ1v) is 15.2. The van der Waals surface area contributed by atoms with E-state index in [1.165, 1.54) is 0 Å². The first-order chi connectivity index (χ1) is 20.5. The van der Waals surface area contributed by atoms with Crippen molar-refractivity contribution in [1.29, 1.82) is 0 Å². The normalized spacial score (nSPS) is 35.9. The van der Waals surface area contributed by atoms with Gasteiger partial charge in [-0.05, 0) is 86.3 Å². The molecule has 2 aliphatic carbocycles. The quantitative estimate of drug-likeness (QED) is 0.412. The van der Waals surface area contributed by atoms with E-state index in [2.05, 4.69) is 26.5 Å². The Labute approximate surface area is 245 Å². The lowest BCUT2D eigenvalue weighted by Crippen LogP contribution is -2.49. The van der Waals surface area contributed by atoms with Gasteiger partial charge in [0.15, 0.2) is 0 Å². The third-order valence-corrected chi connectivity index (χ3v) is 10.8. The fourth-order valence-electron chi connectivity index (χ4n) is 8.60. The van der Waals surface area contributed by atoms with Crippen LogP contribution >= 0.6 is 0 Å². The molecule has 11 heteroatoms. The van der Waals surface area contributed by atoms with Gasteiger partial charge in [-0.15, -0.1) is 0 Å². The Morgan fingerprint density at radius 3 is 2.69 bits per heavy atom. The standard InChI is InChI=1S/C31H38N6O5/c1-40-19-6-8-23-21(12-19)31(30(39)34-23)13-22(31)16-3-7-20-26(11-16)35-36-27(20)32-24-9-10-25(33-28(24)41-2)29(38)37-17-4-5-18(37)15-42-14-17/h6,8-10,12,16-18,20,22,26-27,32,35-36H,3-5,7,11,13-15H2,1-2H3,(H,34,39)/t16?,17?,18?,20?,22-,26?,27?,31-/m0/s1. The number of carbonyl (C=O) groups is 2. The highest BCUT2D eigenvalue weighted by molar-refractivity contribution is 6.09. The first kappa shape index (κ1) is 26.2. The van der Waals surface area contributed by atoms with E-state index in [0.29, 0.717) is 48.6 Å². The molecule has 42 heavy (non-hydrogen) atoms. The van der Waals surface area contributed by atoms with Gasteiger partial charge in [-0.25, -0.2) is 10.4 Å². The van der Waals surface area contributed by atoms with Crippen molar-refractivity contribution in [3.8, 4) is 11.6 Å². The van der Waals surface area contributed by atoms with E-state index in [1.54, 1.807) is 20.3 Å². The van der Waals surface area contributed by atoms with Crippen molar-refractivity contribution in [2.24, 2.45) is 17.8 Å². The van der Waals surface area contributed by atoms with Crippen LogP contribution in [0.5, 0.6) is 11.6 Å². The summed E-state index contributed by atoms with van der Waals surface area (Å²) >= 11 is 0. The van der Waals surface area contributed by atoms with E-state index >= 15 is 0 Å². The third-order valence-electron chi connectivity index (χ3n) is 10.8. The second-order valence-electron chi connectivity index (χ2n) is 12.8. The van der Waals surface area contributed by atoms with E-state index in [-0.39, 0.29) is 30.1 Å². The molecule has 1 spiro atoms. The molecular weight excluding hydrogens is 536 g/mol. The number of methoxy groups -OCH3 is 2. The number of rotatable bonds is 6. The Bertz CT molecular complexity index is 1420. The number of hydrogen-bond acceptors (Lipinski definition) is 9. The number of pyridine rings is 1. The number of ether oxygens (including phenoxy) is 3. The molecule has 2 bridgehead atoms. The van der Waals surface area contributed by atoms with Crippen molar-refractivity contribution >= 4 is 23.2 Å². The minimum atomic E-state index is -0.413. The number of morpholine rings is 1. The third kappa shape index (κ3) is 3.93. The van der Waals surface area contributed by atoms with Crippen molar-refractivity contribution < 1.29 is 23.8 Å². The van der Waals surface area contributed by atoms with Gasteiger partial charge in [-0.3, -0.25) is 15.0 Å². The molecule has 8 atom stereocenters. The molecule has 8 rings (SSSR count). The zero-order chi connectivity index (χ0) is 28.6. The molecule has 3 saturated heterocycles. The number of nitrogens with zero attached hydrogens (tertiary/aromatic N) is 2. The molecule has 4 N–H and O–H groups in total. The second-order valence-corrected chi connectivity index (χ2v) is 12.8. The topological polar surface area (TPSA) is 126 Å². The minimum absolute atomic E-state index is 0.00350. The van der Waals surface area contributed by atoms with Crippen molar-refractivity contribution in [1.82, 2.24) is 20.7 Å². The summed E-state index contributed by atoms with van der Waals surface area (Å²) in [6.45, 7) is 1.19. The number of amides is 2. The summed E-state index contributed by atoms with van der Waals surface area (Å²) in [4.78, 5) is 33.1. The summed E-state index contributed by atoms with van der Waals surface area (Å²) in [5.41, 5.74) is 9.76. The van der Waals surface area contributed by atoms with Crippen LogP contribution < -0.4 is 31.0 Å². The lowest BCUT2D eigenvalue weighted by Gasteiger charge is -2.34. The first-order valence-electron chi connectivity index (χ1n) is 15.2. The largest absolute Gasteiger partial charge is 0.497 e. The molecular formula is C31H38N6O5. The summed E-state index contributed by atoms with van der Waals surface area (Å²) in [6, 6.07) is 10.2. The average molecular weight is 575 g/mol. The zero-order valence-corrected chi connectivity index (χ0v) is 24.0. The van der Waals surface area contributed by atoms with Crippen molar-refractivity contribution in [3.63, 3.8) is 0 Å². The van der Waals surface area contributed by atoms with E-state index in [0.717, 1.165) is 61.2 Å². The van der Waals surface area contributed by atoms with Gasteiger partial charge in [0.2, 0.25) is 11.8 Å². The smallest absolute Gasteiger partial charge is 0.273 e. The molecule has 11 nitrogen and oxygen atoms in total.